The van der Waals surface area contributed by atoms with E-state index in [1.165, 1.54) is 7.11 Å². The van der Waals surface area contributed by atoms with Gasteiger partial charge in [0, 0.05) is 0 Å². The molecule has 0 aliphatic carbocycles. The van der Waals surface area contributed by atoms with Crippen LogP contribution in [0.3, 0.4) is 0 Å². The van der Waals surface area contributed by atoms with Crippen LogP contribution in [0.15, 0.2) is 30.3 Å². The van der Waals surface area contributed by atoms with Crippen molar-refractivity contribution in [2.75, 3.05) is 20.3 Å². The Labute approximate surface area is 105 Å². The van der Waals surface area contributed by atoms with E-state index < -0.39 is 17.7 Å². The highest BCUT2D eigenvalue weighted by atomic mass is 16.7. The molecule has 2 atom stereocenters. The molecule has 1 aromatic carbocycles. The van der Waals surface area contributed by atoms with Gasteiger partial charge in [0.1, 0.15) is 6.10 Å². The third-order valence-corrected chi connectivity index (χ3v) is 2.91. The smallest absolute Gasteiger partial charge is 0.343 e. The molecule has 5 heteroatoms. The molecule has 1 aliphatic rings. The van der Waals surface area contributed by atoms with Crippen LogP contribution < -0.4 is 0 Å². The first-order valence-corrected chi connectivity index (χ1v) is 5.71. The number of carbonyl (C=O) groups excluding carboxylic acids is 1. The average Bonchev–Trinajstić information content (AvgIpc) is 3.20. The zero-order valence-corrected chi connectivity index (χ0v) is 10.2. The standard InChI is InChI=1S/C13H16O5/c1-16-12(15)13(9-18-13)11(14)8-17-7-10-5-3-2-4-6-10/h2-6,11,14H,7-9H2,1H3/t11-,13+/m0/s1. The third-order valence-electron chi connectivity index (χ3n) is 2.91. The number of rotatable bonds is 6. The Morgan fingerprint density at radius 1 is 1.50 bits per heavy atom. The summed E-state index contributed by atoms with van der Waals surface area (Å²) in [4.78, 5) is 11.4. The lowest BCUT2D eigenvalue weighted by atomic mass is 10.1. The first kappa shape index (κ1) is 13.0. The van der Waals surface area contributed by atoms with Crippen molar-refractivity contribution in [1.29, 1.82) is 0 Å². The highest BCUT2D eigenvalue weighted by molar-refractivity contribution is 5.83. The molecule has 0 bridgehead atoms. The summed E-state index contributed by atoms with van der Waals surface area (Å²) in [5, 5.41) is 9.87. The molecule has 0 spiro atoms. The maximum atomic E-state index is 11.4. The van der Waals surface area contributed by atoms with Gasteiger partial charge in [0.25, 0.3) is 0 Å². The van der Waals surface area contributed by atoms with Crippen molar-refractivity contribution in [1.82, 2.24) is 0 Å². The van der Waals surface area contributed by atoms with Crippen molar-refractivity contribution in [2.24, 2.45) is 0 Å². The lowest BCUT2D eigenvalue weighted by molar-refractivity contribution is -0.153. The van der Waals surface area contributed by atoms with E-state index in [4.69, 9.17) is 9.47 Å². The molecular formula is C13H16O5. The van der Waals surface area contributed by atoms with Gasteiger partial charge in [-0.25, -0.2) is 4.79 Å². The number of esters is 1. The normalized spacial score (nSPS) is 23.4. The van der Waals surface area contributed by atoms with Gasteiger partial charge in [0.05, 0.1) is 26.9 Å². The molecule has 0 unspecified atom stereocenters. The Morgan fingerprint density at radius 2 is 2.17 bits per heavy atom. The second-order valence-corrected chi connectivity index (χ2v) is 4.19. The number of hydrogen-bond donors (Lipinski definition) is 1. The Morgan fingerprint density at radius 3 is 2.72 bits per heavy atom. The van der Waals surface area contributed by atoms with Gasteiger partial charge in [-0.1, -0.05) is 30.3 Å². The average molecular weight is 252 g/mol. The minimum atomic E-state index is -1.22. The van der Waals surface area contributed by atoms with Crippen LogP contribution in [0.25, 0.3) is 0 Å². The first-order valence-electron chi connectivity index (χ1n) is 5.71. The van der Waals surface area contributed by atoms with Crippen LogP contribution in [0.1, 0.15) is 5.56 Å². The summed E-state index contributed by atoms with van der Waals surface area (Å²) in [6.45, 7) is 0.592. The predicted octanol–water partition coefficient (Wildman–Crippen LogP) is 0.506. The summed E-state index contributed by atoms with van der Waals surface area (Å²) >= 11 is 0. The molecule has 1 aliphatic heterocycles. The second kappa shape index (κ2) is 5.48. The monoisotopic (exact) mass is 252 g/mol. The topological polar surface area (TPSA) is 68.3 Å². The fourth-order valence-corrected chi connectivity index (χ4v) is 1.69. The van der Waals surface area contributed by atoms with E-state index in [1.54, 1.807) is 0 Å². The lowest BCUT2D eigenvalue weighted by Gasteiger charge is -2.16. The number of benzene rings is 1. The van der Waals surface area contributed by atoms with Gasteiger partial charge in [-0.15, -0.1) is 0 Å². The van der Waals surface area contributed by atoms with Crippen LogP contribution in [0.4, 0.5) is 0 Å². The molecule has 0 amide bonds. The van der Waals surface area contributed by atoms with Crippen molar-refractivity contribution < 1.29 is 24.1 Å². The molecule has 2 rings (SSSR count). The van der Waals surface area contributed by atoms with Gasteiger partial charge in [-0.05, 0) is 5.56 Å². The molecule has 0 saturated carbocycles. The van der Waals surface area contributed by atoms with E-state index in [0.717, 1.165) is 5.56 Å². The Kier molecular flexibility index (Phi) is 3.96. The molecule has 98 valence electrons. The van der Waals surface area contributed by atoms with Crippen LogP contribution in [0.5, 0.6) is 0 Å². The van der Waals surface area contributed by atoms with Crippen LogP contribution in [-0.2, 0) is 25.6 Å². The van der Waals surface area contributed by atoms with Crippen LogP contribution in [-0.4, -0.2) is 43.1 Å². The van der Waals surface area contributed by atoms with Gasteiger partial charge in [0.2, 0.25) is 5.60 Å². The molecule has 1 fully saturated rings. The van der Waals surface area contributed by atoms with Crippen molar-refractivity contribution in [3.63, 3.8) is 0 Å². The van der Waals surface area contributed by atoms with Gasteiger partial charge < -0.3 is 19.3 Å². The molecule has 18 heavy (non-hydrogen) atoms. The Bertz CT molecular complexity index is 399. The summed E-state index contributed by atoms with van der Waals surface area (Å²) in [7, 11) is 1.27. The van der Waals surface area contributed by atoms with Crippen molar-refractivity contribution in [3.05, 3.63) is 35.9 Å². The fourth-order valence-electron chi connectivity index (χ4n) is 1.69. The minimum absolute atomic E-state index is 0.0317. The molecule has 1 N–H and O–H groups in total. The number of aliphatic hydroxyl groups is 1. The maximum absolute atomic E-state index is 11.4. The molecule has 5 nitrogen and oxygen atoms in total. The largest absolute Gasteiger partial charge is 0.467 e. The zero-order chi connectivity index (χ0) is 13.0. The van der Waals surface area contributed by atoms with E-state index in [-0.39, 0.29) is 13.2 Å². The number of hydrogen-bond acceptors (Lipinski definition) is 5. The highest BCUT2D eigenvalue weighted by Crippen LogP contribution is 2.32. The number of carbonyl (C=O) groups is 1. The second-order valence-electron chi connectivity index (χ2n) is 4.19. The first-order chi connectivity index (χ1) is 8.69. The third kappa shape index (κ3) is 2.69. The molecular weight excluding hydrogens is 236 g/mol. The highest BCUT2D eigenvalue weighted by Gasteiger charge is 2.59. The maximum Gasteiger partial charge on any atom is 0.343 e. The summed E-state index contributed by atoms with van der Waals surface area (Å²) in [5.74, 6) is -0.557. The van der Waals surface area contributed by atoms with Gasteiger partial charge in [-0.3, -0.25) is 0 Å². The molecule has 1 saturated heterocycles. The molecule has 0 aromatic heterocycles. The number of epoxide rings is 1. The van der Waals surface area contributed by atoms with Crippen molar-refractivity contribution >= 4 is 5.97 Å². The predicted molar refractivity (Wildman–Crippen MR) is 62.8 cm³/mol. The quantitative estimate of drug-likeness (QED) is 0.590. The van der Waals surface area contributed by atoms with E-state index in [0.29, 0.717) is 6.61 Å². The number of methoxy groups -OCH3 is 1. The number of ether oxygens (including phenoxy) is 3. The van der Waals surface area contributed by atoms with Gasteiger partial charge in [0.15, 0.2) is 0 Å². The molecule has 1 aromatic rings. The van der Waals surface area contributed by atoms with Gasteiger partial charge >= 0.3 is 5.97 Å². The van der Waals surface area contributed by atoms with E-state index in [9.17, 15) is 9.90 Å². The van der Waals surface area contributed by atoms with E-state index >= 15 is 0 Å². The van der Waals surface area contributed by atoms with Crippen LogP contribution in [0.2, 0.25) is 0 Å². The van der Waals surface area contributed by atoms with Crippen molar-refractivity contribution in [3.8, 4) is 0 Å². The summed E-state index contributed by atoms with van der Waals surface area (Å²) in [6.07, 6.45) is -1.01. The lowest BCUT2D eigenvalue weighted by Crippen LogP contribution is -2.41. The van der Waals surface area contributed by atoms with Gasteiger partial charge in [-0.2, -0.15) is 0 Å². The van der Waals surface area contributed by atoms with E-state index in [1.807, 2.05) is 30.3 Å². The number of aliphatic hydroxyl groups excluding tert-OH is 1. The van der Waals surface area contributed by atoms with E-state index in [2.05, 4.69) is 4.74 Å². The zero-order valence-electron chi connectivity index (χ0n) is 10.2. The van der Waals surface area contributed by atoms with Crippen LogP contribution >= 0.6 is 0 Å². The molecule has 0 radical (unpaired) electrons. The molecule has 1 heterocycles. The minimum Gasteiger partial charge on any atom is -0.467 e. The summed E-state index contributed by atoms with van der Waals surface area (Å²) in [5.41, 5.74) is -0.209. The van der Waals surface area contributed by atoms with Crippen LogP contribution in [0, 0.1) is 0 Å². The Hall–Kier alpha value is -1.43. The SMILES string of the molecule is COC(=O)[C@]1([C@@H](O)COCc2ccccc2)CO1. The fraction of sp³-hybridized carbons (Fsp3) is 0.462. The summed E-state index contributed by atoms with van der Waals surface area (Å²) in [6, 6.07) is 9.60. The summed E-state index contributed by atoms with van der Waals surface area (Å²) < 4.78 is 15.0. The van der Waals surface area contributed by atoms with Crippen molar-refractivity contribution in [2.45, 2.75) is 18.3 Å². The Balaban J connectivity index is 1.79.